The molecule has 2 aliphatic rings. The van der Waals surface area contributed by atoms with E-state index in [1.54, 1.807) is 36.5 Å². The second-order valence-electron chi connectivity index (χ2n) is 13.0. The molecule has 4 aromatic rings. The van der Waals surface area contributed by atoms with Crippen molar-refractivity contribution in [2.75, 3.05) is 51.8 Å². The molecule has 1 fully saturated rings. The van der Waals surface area contributed by atoms with Gasteiger partial charge in [-0.15, -0.1) is 11.3 Å². The predicted molar refractivity (Wildman–Crippen MR) is 190 cm³/mol. The van der Waals surface area contributed by atoms with Gasteiger partial charge in [-0.05, 0) is 80.1 Å². The minimum Gasteiger partial charge on any atom is -0.395 e. The lowest BCUT2D eigenvalue weighted by Gasteiger charge is -2.40. The lowest BCUT2D eigenvalue weighted by Crippen LogP contribution is -2.49. The van der Waals surface area contributed by atoms with Gasteiger partial charge >= 0.3 is 0 Å². The highest BCUT2D eigenvalue weighted by Crippen LogP contribution is 2.35. The average Bonchev–Trinajstić information content (AvgIpc) is 3.54. The number of aryl methyl sites for hydroxylation is 3. The zero-order valence-corrected chi connectivity index (χ0v) is 28.9. The van der Waals surface area contributed by atoms with Gasteiger partial charge in [-0.1, -0.05) is 30.3 Å². The molecule has 1 saturated heterocycles. The molecule has 2 unspecified atom stereocenters. The number of aliphatic hydroxyl groups excluding tert-OH is 3. The quantitative estimate of drug-likeness (QED) is 0.163. The molecule has 6 rings (SSSR count). The van der Waals surface area contributed by atoms with Crippen molar-refractivity contribution in [1.82, 2.24) is 19.4 Å². The summed E-state index contributed by atoms with van der Waals surface area (Å²) in [5, 5.41) is 35.2. The number of likely N-dealkylation sites (N-methyl/N-ethyl adjacent to an activating group) is 1. The number of morpholine rings is 1. The number of nitrogens with one attached hydrogen (secondary N) is 1. The third-order valence-corrected chi connectivity index (χ3v) is 11.0. The Hall–Kier alpha value is -3.42. The first-order valence-electron chi connectivity index (χ1n) is 16.9. The molecule has 4 N–H and O–H groups in total. The fourth-order valence-corrected chi connectivity index (χ4v) is 8.09. The summed E-state index contributed by atoms with van der Waals surface area (Å²) in [7, 11) is 3.52. The molecule has 0 radical (unpaired) electrons. The normalized spacial score (nSPS) is 17.2. The minimum atomic E-state index is -0.824. The van der Waals surface area contributed by atoms with Crippen LogP contribution in [0.15, 0.2) is 59.5 Å². The Bertz CT molecular complexity index is 1730. The fraction of sp³-hybridized carbons (Fsp3) is 0.459. The van der Waals surface area contributed by atoms with Gasteiger partial charge in [-0.2, -0.15) is 0 Å². The monoisotopic (exact) mass is 673 g/mol. The zero-order chi connectivity index (χ0) is 33.8. The van der Waals surface area contributed by atoms with Crippen LogP contribution in [0, 0.1) is 6.92 Å². The molecule has 3 heterocycles. The highest BCUT2D eigenvalue weighted by Gasteiger charge is 2.31. The summed E-state index contributed by atoms with van der Waals surface area (Å²) >= 11 is 1.75. The van der Waals surface area contributed by atoms with Crippen LogP contribution in [0.1, 0.15) is 57.0 Å². The van der Waals surface area contributed by atoms with Crippen molar-refractivity contribution in [3.05, 3.63) is 97.1 Å². The number of aliphatic hydroxyl groups is 3. The standard InChI is InChI=1S/C37H47N5O5S/c1-24-26(21-31(44)33-22-27-7-4-5-10-32(27)48-33)8-6-9-29(24)30-23-41(3)37(46)35(39-30)38-28-13-11-25(12-14-28)34(36(45)40(2)15-18-43)42-16-19-47-20-17-42/h6,8-9,11-14,22-23,31,34,36,43-45H,4-5,7,10,15-21H2,1-3H3,(H,38,39)/t31-,34?,36?/m1/s1. The molecule has 11 heteroatoms. The molecule has 0 bridgehead atoms. The van der Waals surface area contributed by atoms with Crippen LogP contribution in [0.25, 0.3) is 11.3 Å². The number of aromatic nitrogens is 2. The molecular formula is C37H47N5O5S. The summed E-state index contributed by atoms with van der Waals surface area (Å²) in [6.45, 7) is 4.93. The van der Waals surface area contributed by atoms with Gasteiger partial charge in [0.2, 0.25) is 0 Å². The summed E-state index contributed by atoms with van der Waals surface area (Å²) in [6, 6.07) is 15.6. The van der Waals surface area contributed by atoms with Crippen molar-refractivity contribution < 1.29 is 20.1 Å². The van der Waals surface area contributed by atoms with E-state index in [-0.39, 0.29) is 24.0 Å². The van der Waals surface area contributed by atoms with Gasteiger partial charge in [0.15, 0.2) is 5.82 Å². The number of hydrogen-bond donors (Lipinski definition) is 4. The SMILES string of the molecule is Cc1c(C[C@@H](O)c2cc3c(s2)CCCC3)cccc1-c1cn(C)c(=O)c(Nc2ccc(C(C(O)N(C)CCO)N3CCOCC3)cc2)n1. The summed E-state index contributed by atoms with van der Waals surface area (Å²) in [5.74, 6) is 0.212. The topological polar surface area (TPSA) is 123 Å². The second-order valence-corrected chi connectivity index (χ2v) is 14.1. The maximum absolute atomic E-state index is 13.2. The fourth-order valence-electron chi connectivity index (χ4n) is 6.84. The Morgan fingerprint density at radius 2 is 1.83 bits per heavy atom. The van der Waals surface area contributed by atoms with Crippen LogP contribution in [0.2, 0.25) is 0 Å². The highest BCUT2D eigenvalue weighted by atomic mass is 32.1. The van der Waals surface area contributed by atoms with E-state index in [2.05, 4.69) is 22.3 Å². The van der Waals surface area contributed by atoms with Gasteiger partial charge < -0.3 is 29.9 Å². The Kier molecular flexibility index (Phi) is 11.1. The number of anilines is 2. The maximum atomic E-state index is 13.2. The van der Waals surface area contributed by atoms with Crippen LogP contribution in [0.3, 0.4) is 0 Å². The number of hydrogen-bond acceptors (Lipinski definition) is 10. The lowest BCUT2D eigenvalue weighted by molar-refractivity contribution is -0.0799. The van der Waals surface area contributed by atoms with Gasteiger partial charge in [0.25, 0.3) is 5.56 Å². The van der Waals surface area contributed by atoms with Crippen LogP contribution >= 0.6 is 11.3 Å². The van der Waals surface area contributed by atoms with Crippen LogP contribution in [0.5, 0.6) is 0 Å². The average molecular weight is 674 g/mol. The van der Waals surface area contributed by atoms with Crippen LogP contribution in [-0.2, 0) is 31.0 Å². The summed E-state index contributed by atoms with van der Waals surface area (Å²) in [6.07, 6.45) is 5.54. The van der Waals surface area contributed by atoms with Crippen LogP contribution in [-0.4, -0.2) is 87.4 Å². The molecular weight excluding hydrogens is 627 g/mol. The van der Waals surface area contributed by atoms with E-state index in [9.17, 15) is 20.1 Å². The van der Waals surface area contributed by atoms with Crippen molar-refractivity contribution in [2.24, 2.45) is 7.05 Å². The van der Waals surface area contributed by atoms with Crippen molar-refractivity contribution in [3.8, 4) is 11.3 Å². The number of nitrogens with zero attached hydrogens (tertiary/aromatic N) is 4. The summed E-state index contributed by atoms with van der Waals surface area (Å²) in [5.41, 5.74) is 6.42. The Morgan fingerprint density at radius 3 is 2.56 bits per heavy atom. The molecule has 256 valence electrons. The predicted octanol–water partition coefficient (Wildman–Crippen LogP) is 4.33. The summed E-state index contributed by atoms with van der Waals surface area (Å²) in [4.78, 5) is 24.4. The second kappa shape index (κ2) is 15.4. The first-order chi connectivity index (χ1) is 23.2. The van der Waals surface area contributed by atoms with Gasteiger partial charge in [0, 0.05) is 60.3 Å². The van der Waals surface area contributed by atoms with E-state index in [1.165, 1.54) is 27.8 Å². The van der Waals surface area contributed by atoms with E-state index in [0.717, 1.165) is 40.0 Å². The summed E-state index contributed by atoms with van der Waals surface area (Å²) < 4.78 is 7.09. The maximum Gasteiger partial charge on any atom is 0.293 e. The van der Waals surface area contributed by atoms with E-state index in [4.69, 9.17) is 9.72 Å². The highest BCUT2D eigenvalue weighted by molar-refractivity contribution is 7.12. The van der Waals surface area contributed by atoms with Gasteiger partial charge in [-0.25, -0.2) is 4.98 Å². The largest absolute Gasteiger partial charge is 0.395 e. The van der Waals surface area contributed by atoms with Crippen molar-refractivity contribution in [2.45, 2.75) is 57.4 Å². The van der Waals surface area contributed by atoms with Gasteiger partial charge in [-0.3, -0.25) is 14.6 Å². The molecule has 2 aromatic heterocycles. The van der Waals surface area contributed by atoms with Gasteiger partial charge in [0.1, 0.15) is 6.23 Å². The molecule has 1 aliphatic heterocycles. The number of ether oxygens (including phenoxy) is 1. The van der Waals surface area contributed by atoms with E-state index in [0.29, 0.717) is 50.7 Å². The zero-order valence-electron chi connectivity index (χ0n) is 28.1. The number of fused-ring (bicyclic) bond motifs is 1. The third-order valence-electron chi connectivity index (χ3n) is 9.69. The first kappa shape index (κ1) is 34.4. The molecule has 48 heavy (non-hydrogen) atoms. The van der Waals surface area contributed by atoms with E-state index >= 15 is 0 Å². The molecule has 0 saturated carbocycles. The molecule has 3 atom stereocenters. The molecule has 1 aliphatic carbocycles. The van der Waals surface area contributed by atoms with Crippen molar-refractivity contribution in [1.29, 1.82) is 0 Å². The van der Waals surface area contributed by atoms with Crippen molar-refractivity contribution in [3.63, 3.8) is 0 Å². The Morgan fingerprint density at radius 1 is 1.08 bits per heavy atom. The smallest absolute Gasteiger partial charge is 0.293 e. The molecule has 2 aromatic carbocycles. The van der Waals surface area contributed by atoms with Crippen LogP contribution < -0.4 is 10.9 Å². The Balaban J connectivity index is 1.22. The lowest BCUT2D eigenvalue weighted by atomic mass is 9.95. The molecule has 0 amide bonds. The van der Waals surface area contributed by atoms with E-state index in [1.807, 2.05) is 43.3 Å². The van der Waals surface area contributed by atoms with Crippen LogP contribution in [0.4, 0.5) is 11.5 Å². The number of rotatable bonds is 12. The van der Waals surface area contributed by atoms with E-state index < -0.39 is 12.3 Å². The van der Waals surface area contributed by atoms with Crippen molar-refractivity contribution >= 4 is 22.8 Å². The van der Waals surface area contributed by atoms with Gasteiger partial charge in [0.05, 0.1) is 37.7 Å². The third kappa shape index (κ3) is 7.58. The Labute approximate surface area is 286 Å². The first-order valence-corrected chi connectivity index (χ1v) is 17.7. The number of benzene rings is 2. The molecule has 10 nitrogen and oxygen atoms in total. The molecule has 0 spiro atoms. The number of thiophene rings is 1. The minimum absolute atomic E-state index is 0.0459.